The van der Waals surface area contributed by atoms with Gasteiger partial charge in [-0.15, -0.1) is 0 Å². The quantitative estimate of drug-likeness (QED) is 0.0817. The highest BCUT2D eigenvalue weighted by molar-refractivity contribution is 6.32. The number of carboxylic acids is 2. The fourth-order valence-electron chi connectivity index (χ4n) is 8.30. The maximum absolute atomic E-state index is 12.3. The monoisotopic (exact) mass is 882 g/mol. The van der Waals surface area contributed by atoms with Crippen molar-refractivity contribution in [3.05, 3.63) is 127 Å². The largest absolute Gasteiger partial charge is 0.481 e. The van der Waals surface area contributed by atoms with Gasteiger partial charge in [0.15, 0.2) is 12.1 Å². The van der Waals surface area contributed by atoms with Crippen LogP contribution in [0.4, 0.5) is 0 Å². The first kappa shape index (κ1) is 42.5. The average Bonchev–Trinajstić information content (AvgIpc) is 3.94. The highest BCUT2D eigenvalue weighted by Gasteiger charge is 2.37. The number of fused-ring (bicyclic) bond motifs is 2. The molecule has 62 heavy (non-hydrogen) atoms. The number of imidazole rings is 2. The Morgan fingerprint density at radius 3 is 1.48 bits per heavy atom. The standard InChI is InChI=1S/C44H44Cl2N8O8/c1-23-25(19-61-41-31(45)15-27(39(51-41)59-3)17-53-13-11-33-35(49-21-47-33)37(53)43(55)56)7-5-9-29(23)30-10-6-8-26(24(30)2)20-62-42-32(46)16-28(40(52-42)60-4)18-54-14-12-34-36(50-22-48-34)38(54)44(57)58/h5-10,15-16,21-22,37-38H,11-14,17-20H2,1-4H3,(H,47,49)(H,48,50)(H,55,56)(H,57,58). The lowest BCUT2D eigenvalue weighted by Gasteiger charge is -2.32. The van der Waals surface area contributed by atoms with Crippen LogP contribution in [0.25, 0.3) is 11.1 Å². The summed E-state index contributed by atoms with van der Waals surface area (Å²) >= 11 is 13.5. The highest BCUT2D eigenvalue weighted by atomic mass is 35.5. The molecule has 322 valence electrons. The molecule has 4 N–H and O–H groups in total. The SMILES string of the molecule is COc1nc(OCc2cccc(-c3cccc(COc4nc(OC)c(CN5CCc6[nH]cnc6C5C(=O)O)cc4Cl)c3C)c2C)c(Cl)cc1CN1CCc2[nH]cnc2C1C(=O)O. The van der Waals surface area contributed by atoms with Crippen molar-refractivity contribution in [1.29, 1.82) is 0 Å². The summed E-state index contributed by atoms with van der Waals surface area (Å²) in [6, 6.07) is 13.6. The van der Waals surface area contributed by atoms with Crippen LogP contribution in [0.5, 0.6) is 23.5 Å². The molecular weight excluding hydrogens is 839 g/mol. The number of hydrogen-bond donors (Lipinski definition) is 4. The van der Waals surface area contributed by atoms with E-state index >= 15 is 0 Å². The first-order chi connectivity index (χ1) is 29.9. The van der Waals surface area contributed by atoms with Crippen molar-refractivity contribution >= 4 is 35.1 Å². The Morgan fingerprint density at radius 2 is 1.10 bits per heavy atom. The number of hydrogen-bond acceptors (Lipinski definition) is 12. The summed E-state index contributed by atoms with van der Waals surface area (Å²) in [6.45, 7) is 5.88. The third-order valence-corrected chi connectivity index (χ3v) is 12.1. The van der Waals surface area contributed by atoms with Crippen molar-refractivity contribution in [2.45, 2.75) is 65.1 Å². The Kier molecular flexibility index (Phi) is 12.4. The lowest BCUT2D eigenvalue weighted by molar-refractivity contribution is -0.145. The molecule has 2 aromatic carbocycles. The summed E-state index contributed by atoms with van der Waals surface area (Å²) in [4.78, 5) is 52.0. The van der Waals surface area contributed by atoms with E-state index in [1.54, 1.807) is 12.1 Å². The van der Waals surface area contributed by atoms with Crippen LogP contribution in [-0.2, 0) is 48.7 Å². The molecule has 0 radical (unpaired) electrons. The number of carboxylic acid groups (broad SMARTS) is 2. The number of benzene rings is 2. The van der Waals surface area contributed by atoms with Crippen molar-refractivity contribution in [2.75, 3.05) is 27.3 Å². The van der Waals surface area contributed by atoms with Crippen LogP contribution in [0.3, 0.4) is 0 Å². The third-order valence-electron chi connectivity index (χ3n) is 11.5. The predicted molar refractivity (Wildman–Crippen MR) is 228 cm³/mol. The molecule has 0 bridgehead atoms. The predicted octanol–water partition coefficient (Wildman–Crippen LogP) is 7.06. The molecule has 0 fully saturated rings. The summed E-state index contributed by atoms with van der Waals surface area (Å²) < 4.78 is 23.7. The maximum atomic E-state index is 12.3. The van der Waals surface area contributed by atoms with Crippen molar-refractivity contribution in [2.24, 2.45) is 0 Å². The molecule has 2 atom stereocenters. The summed E-state index contributed by atoms with van der Waals surface area (Å²) in [6.07, 6.45) is 4.30. The molecule has 8 rings (SSSR count). The minimum Gasteiger partial charge on any atom is -0.481 e. The molecule has 4 aromatic heterocycles. The molecule has 6 aromatic rings. The molecule has 0 saturated heterocycles. The number of pyridine rings is 2. The van der Waals surface area contributed by atoms with E-state index in [1.165, 1.54) is 26.9 Å². The smallest absolute Gasteiger partial charge is 0.327 e. The second-order valence-corrected chi connectivity index (χ2v) is 15.9. The Bertz CT molecular complexity index is 2470. The van der Waals surface area contributed by atoms with E-state index in [4.69, 9.17) is 42.1 Å². The molecule has 2 aliphatic heterocycles. The molecule has 2 aliphatic rings. The van der Waals surface area contributed by atoms with Gasteiger partial charge in [-0.2, -0.15) is 9.97 Å². The molecule has 0 spiro atoms. The number of ether oxygens (including phenoxy) is 4. The van der Waals surface area contributed by atoms with Gasteiger partial charge in [0, 0.05) is 61.5 Å². The van der Waals surface area contributed by atoms with Crippen LogP contribution in [0.1, 0.15) is 68.2 Å². The second kappa shape index (κ2) is 18.0. The minimum atomic E-state index is -0.993. The van der Waals surface area contributed by atoms with Crippen molar-refractivity contribution in [3.8, 4) is 34.6 Å². The Labute approximate surface area is 366 Å². The van der Waals surface area contributed by atoms with E-state index < -0.39 is 24.0 Å². The lowest BCUT2D eigenvalue weighted by Crippen LogP contribution is -2.39. The molecular formula is C44H44Cl2N8O8. The van der Waals surface area contributed by atoms with Crippen molar-refractivity contribution < 1.29 is 38.7 Å². The minimum absolute atomic E-state index is 0.173. The summed E-state index contributed by atoms with van der Waals surface area (Å²) in [5, 5.41) is 20.6. The zero-order chi connectivity index (χ0) is 43.7. The molecule has 0 saturated carbocycles. The number of nitrogens with one attached hydrogen (secondary N) is 2. The number of nitrogens with zero attached hydrogens (tertiary/aromatic N) is 6. The number of methoxy groups -OCH3 is 2. The first-order valence-corrected chi connectivity index (χ1v) is 20.6. The van der Waals surface area contributed by atoms with Crippen molar-refractivity contribution in [1.82, 2.24) is 39.7 Å². The zero-order valence-electron chi connectivity index (χ0n) is 34.4. The van der Waals surface area contributed by atoms with Crippen LogP contribution >= 0.6 is 23.2 Å². The molecule has 2 unspecified atom stereocenters. The highest BCUT2D eigenvalue weighted by Crippen LogP contribution is 2.38. The van der Waals surface area contributed by atoms with E-state index in [-0.39, 0.29) is 59.9 Å². The van der Waals surface area contributed by atoms with Gasteiger partial charge in [-0.25, -0.2) is 9.97 Å². The van der Waals surface area contributed by atoms with Gasteiger partial charge in [0.1, 0.15) is 23.3 Å². The summed E-state index contributed by atoms with van der Waals surface area (Å²) in [5.74, 6) is -1.03. The Hall–Kier alpha value is -6.20. The molecule has 6 heterocycles. The van der Waals surface area contributed by atoms with Gasteiger partial charge in [-0.3, -0.25) is 19.4 Å². The van der Waals surface area contributed by atoms with E-state index in [2.05, 4.69) is 42.0 Å². The van der Waals surface area contributed by atoms with E-state index in [0.717, 1.165) is 44.8 Å². The van der Waals surface area contributed by atoms with Gasteiger partial charge in [0.05, 0.1) is 38.3 Å². The summed E-state index contributed by atoms with van der Waals surface area (Å²) in [5.41, 5.74) is 9.75. The van der Waals surface area contributed by atoms with Crippen LogP contribution in [0.2, 0.25) is 10.0 Å². The van der Waals surface area contributed by atoms with Crippen LogP contribution in [0.15, 0.2) is 61.2 Å². The van der Waals surface area contributed by atoms with Gasteiger partial charge in [0.2, 0.25) is 23.5 Å². The van der Waals surface area contributed by atoms with Crippen molar-refractivity contribution in [3.63, 3.8) is 0 Å². The van der Waals surface area contributed by atoms with Crippen LogP contribution in [0, 0.1) is 13.8 Å². The number of carbonyl (C=O) groups is 2. The Balaban J connectivity index is 0.951. The average molecular weight is 884 g/mol. The second-order valence-electron chi connectivity index (χ2n) is 15.1. The van der Waals surface area contributed by atoms with Gasteiger partial charge in [-0.1, -0.05) is 59.6 Å². The first-order valence-electron chi connectivity index (χ1n) is 19.8. The molecule has 0 aliphatic carbocycles. The number of rotatable bonds is 15. The molecule has 18 heteroatoms. The number of H-pyrrole nitrogens is 2. The number of aromatic amines is 2. The van der Waals surface area contributed by atoms with Gasteiger partial charge in [-0.05, 0) is 59.4 Å². The van der Waals surface area contributed by atoms with Crippen LogP contribution < -0.4 is 18.9 Å². The number of aromatic nitrogens is 6. The normalized spacial score (nSPS) is 16.4. The molecule has 0 amide bonds. The van der Waals surface area contributed by atoms with E-state index in [9.17, 15) is 19.8 Å². The Morgan fingerprint density at radius 1 is 0.677 bits per heavy atom. The number of halogens is 2. The summed E-state index contributed by atoms with van der Waals surface area (Å²) in [7, 11) is 3.00. The molecule has 16 nitrogen and oxygen atoms in total. The third kappa shape index (κ3) is 8.38. The fraction of sp³-hybridized carbons (Fsp3) is 0.318. The topological polar surface area (TPSA) is 201 Å². The van der Waals surface area contributed by atoms with Gasteiger partial charge in [0.25, 0.3) is 0 Å². The zero-order valence-corrected chi connectivity index (χ0v) is 35.9. The fourth-order valence-corrected chi connectivity index (χ4v) is 8.76. The maximum Gasteiger partial charge on any atom is 0.327 e. The lowest BCUT2D eigenvalue weighted by atomic mass is 9.92. The van der Waals surface area contributed by atoms with E-state index in [0.29, 0.717) is 48.4 Å². The van der Waals surface area contributed by atoms with E-state index in [1.807, 2.05) is 47.9 Å². The van der Waals surface area contributed by atoms with Gasteiger partial charge >= 0.3 is 11.9 Å². The van der Waals surface area contributed by atoms with Gasteiger partial charge < -0.3 is 39.1 Å². The van der Waals surface area contributed by atoms with Crippen LogP contribution in [-0.4, -0.2) is 89.2 Å². The number of aliphatic carboxylic acids is 2.